The van der Waals surface area contributed by atoms with Crippen molar-refractivity contribution in [1.29, 1.82) is 0 Å². The molecule has 10 nitrogen and oxygen atoms in total. The largest absolute Gasteiger partial charge is 0.530 e. The molecule has 3 heterocycles. The Morgan fingerprint density at radius 3 is 2.94 bits per heavy atom. The van der Waals surface area contributed by atoms with Crippen molar-refractivity contribution in [3.05, 3.63) is 56.2 Å². The van der Waals surface area contributed by atoms with Crippen LogP contribution in [-0.2, 0) is 25.0 Å². The molecule has 2 aliphatic heterocycles. The summed E-state index contributed by atoms with van der Waals surface area (Å²) in [5.41, 5.74) is 1.08. The monoisotopic (exact) mass is 476 g/mol. The van der Waals surface area contributed by atoms with Crippen molar-refractivity contribution in [3.8, 4) is 5.75 Å². The Hall–Kier alpha value is -1.92. The second kappa shape index (κ2) is 7.89. The lowest BCUT2D eigenvalue weighted by Gasteiger charge is -2.29. The molecule has 5 atom stereocenters. The number of aliphatic hydroxyl groups is 2. The summed E-state index contributed by atoms with van der Waals surface area (Å²) < 4.78 is 65.7. The summed E-state index contributed by atoms with van der Waals surface area (Å²) in [6.45, 7) is -0.424. The number of rotatable bonds is 4. The Labute approximate surface area is 183 Å². The first-order valence-corrected chi connectivity index (χ1v) is 10.9. The number of aromatic amines is 1. The third-order valence-electron chi connectivity index (χ3n) is 4.79. The number of benzene rings is 1. The Kier molecular flexibility index (Phi) is 5.03. The molecule has 0 saturated carbocycles. The van der Waals surface area contributed by atoms with E-state index in [0.29, 0.717) is 15.7 Å². The molecule has 0 amide bonds. The van der Waals surface area contributed by atoms with Gasteiger partial charge in [-0.3, -0.25) is 18.6 Å². The maximum Gasteiger partial charge on any atom is 0.530 e. The fraction of sp³-hybridized carbons (Fsp3) is 0.444. The molecule has 1 aromatic heterocycles. The Bertz CT molecular complexity index is 1270. The minimum atomic E-state index is -4.73. The van der Waals surface area contributed by atoms with E-state index in [1.165, 1.54) is 6.07 Å². The molecule has 168 valence electrons. The van der Waals surface area contributed by atoms with Crippen LogP contribution in [0.2, 0.25) is 0 Å². The summed E-state index contributed by atoms with van der Waals surface area (Å²) in [5, 5.41) is 20.6. The number of hydrogen-bond acceptors (Lipinski definition) is 9. The van der Waals surface area contributed by atoms with Crippen LogP contribution in [0.15, 0.2) is 29.2 Å². The van der Waals surface area contributed by atoms with Gasteiger partial charge < -0.3 is 19.5 Å². The third-order valence-corrected chi connectivity index (χ3v) is 6.19. The molecule has 1 unspecified atom stereocenters. The zero-order chi connectivity index (χ0) is 24.3. The molecule has 4 rings (SSSR count). The number of phosphoric acid groups is 1. The normalized spacial score (nSPS) is 33.9. The summed E-state index contributed by atoms with van der Waals surface area (Å²) in [4.78, 5) is 14.3. The molecule has 13 heteroatoms. The number of ether oxygens (including phenoxy) is 1. The number of alkyl halides is 1. The van der Waals surface area contributed by atoms with Gasteiger partial charge in [0.25, 0.3) is 5.85 Å². The van der Waals surface area contributed by atoms with E-state index in [4.69, 9.17) is 33.3 Å². The molecule has 2 aliphatic rings. The van der Waals surface area contributed by atoms with E-state index in [9.17, 15) is 19.6 Å². The van der Waals surface area contributed by atoms with Crippen LogP contribution >= 0.6 is 20.0 Å². The van der Waals surface area contributed by atoms with Crippen molar-refractivity contribution in [2.75, 3.05) is 6.56 Å². The lowest BCUT2D eigenvalue weighted by molar-refractivity contribution is -0.205. The van der Waals surface area contributed by atoms with E-state index in [0.717, 1.165) is 11.8 Å². The van der Waals surface area contributed by atoms with Gasteiger partial charge in [-0.25, -0.2) is 13.8 Å². The highest BCUT2D eigenvalue weighted by atomic mass is 32.1. The molecule has 1 fully saturated rings. The predicted molar refractivity (Wildman–Crippen MR) is 107 cm³/mol. The van der Waals surface area contributed by atoms with Gasteiger partial charge in [0.05, 0.1) is 9.35 Å². The molecule has 2 aromatic rings. The first-order chi connectivity index (χ1) is 15.3. The Morgan fingerprint density at radius 1 is 1.48 bits per heavy atom. The van der Waals surface area contributed by atoms with Crippen LogP contribution in [0.25, 0.3) is 0 Å². The SMILES string of the molecule is [2H]C([2H])(OP1(=O)OCc2cc(C)cc(C)c2O1)[C@@]1(F)O[C@@H](n2ccc(=S)[nH]c2=O)[C@H](O)[C@@H]1O. The zero-order valence-electron chi connectivity index (χ0n) is 18.3. The molecule has 1 aromatic carbocycles. The summed E-state index contributed by atoms with van der Waals surface area (Å²) in [5.74, 6) is -3.63. The summed E-state index contributed by atoms with van der Waals surface area (Å²) in [6, 6.07) is 4.68. The van der Waals surface area contributed by atoms with Crippen LogP contribution in [-0.4, -0.2) is 44.4 Å². The van der Waals surface area contributed by atoms with Gasteiger partial charge in [-0.15, -0.1) is 0 Å². The average molecular weight is 476 g/mol. The van der Waals surface area contributed by atoms with Crippen LogP contribution in [0, 0.1) is 18.5 Å². The molecular formula is C18H20FN2O8PS. The number of hydrogen-bond donors (Lipinski definition) is 3. The molecule has 0 aliphatic carbocycles. The van der Waals surface area contributed by atoms with Gasteiger partial charge in [-0.2, -0.15) is 0 Å². The van der Waals surface area contributed by atoms with Crippen LogP contribution in [0.4, 0.5) is 4.39 Å². The first-order valence-electron chi connectivity index (χ1n) is 10.1. The van der Waals surface area contributed by atoms with Crippen LogP contribution < -0.4 is 10.2 Å². The second-order valence-electron chi connectivity index (χ2n) is 7.18. The van der Waals surface area contributed by atoms with Crippen molar-refractivity contribution >= 4 is 20.0 Å². The molecule has 0 spiro atoms. The highest BCUT2D eigenvalue weighted by Gasteiger charge is 2.57. The number of phosphoric ester groups is 1. The standard InChI is InChI=1S/C18H20FN2O8PS/c1-9-5-10(2)14-11(6-9)7-26-30(25,29-14)27-8-18(19)15(23)13(22)16(28-18)21-4-3-12(31)20-17(21)24/h3-6,13,15-16,22-23H,7-8H2,1-2H3,(H,20,24,31)/t13-,15+,16-,18-,30?/m1/s1/i8D2. The fourth-order valence-electron chi connectivity index (χ4n) is 3.35. The molecular weight excluding hydrogens is 454 g/mol. The minimum absolute atomic E-state index is 0.0462. The van der Waals surface area contributed by atoms with Gasteiger partial charge in [0.15, 0.2) is 6.23 Å². The Balaban J connectivity index is 1.63. The molecule has 31 heavy (non-hydrogen) atoms. The van der Waals surface area contributed by atoms with E-state index >= 15 is 4.39 Å². The van der Waals surface area contributed by atoms with Crippen molar-refractivity contribution in [2.24, 2.45) is 0 Å². The van der Waals surface area contributed by atoms with Crippen molar-refractivity contribution in [1.82, 2.24) is 9.55 Å². The number of nitrogens with zero attached hydrogens (tertiary/aromatic N) is 1. The van der Waals surface area contributed by atoms with E-state index in [2.05, 4.69) is 4.98 Å². The van der Waals surface area contributed by atoms with Gasteiger partial charge in [0.2, 0.25) is 0 Å². The van der Waals surface area contributed by atoms with Crippen LogP contribution in [0.1, 0.15) is 25.7 Å². The second-order valence-corrected chi connectivity index (χ2v) is 9.14. The number of H-pyrrole nitrogens is 1. The van der Waals surface area contributed by atoms with E-state index in [1.807, 2.05) is 6.92 Å². The summed E-state index contributed by atoms with van der Waals surface area (Å²) >= 11 is 4.80. The third kappa shape index (κ3) is 4.12. The highest BCUT2D eigenvalue weighted by molar-refractivity contribution is 7.71. The lowest BCUT2D eigenvalue weighted by atomic mass is 10.1. The lowest BCUT2D eigenvalue weighted by Crippen LogP contribution is -2.43. The van der Waals surface area contributed by atoms with Crippen molar-refractivity contribution < 1.29 is 40.2 Å². The summed E-state index contributed by atoms with van der Waals surface area (Å²) in [6.07, 6.45) is -5.43. The number of aliphatic hydroxyl groups excluding tert-OH is 2. The maximum atomic E-state index is 15.7. The first kappa shape index (κ1) is 19.7. The van der Waals surface area contributed by atoms with Crippen LogP contribution in [0.5, 0.6) is 5.75 Å². The number of halogens is 1. The van der Waals surface area contributed by atoms with E-state index < -0.39 is 44.4 Å². The Morgan fingerprint density at radius 2 is 2.23 bits per heavy atom. The number of fused-ring (bicyclic) bond motifs is 1. The smallest absolute Gasteiger partial charge is 0.403 e. The molecule has 0 bridgehead atoms. The summed E-state index contributed by atoms with van der Waals surface area (Å²) in [7, 11) is -4.73. The van der Waals surface area contributed by atoms with Gasteiger partial charge in [-0.05, 0) is 25.5 Å². The number of nitrogens with one attached hydrogen (secondary N) is 1. The highest BCUT2D eigenvalue weighted by Crippen LogP contribution is 2.56. The average Bonchev–Trinajstić information content (AvgIpc) is 2.94. The molecule has 0 radical (unpaired) electrons. The zero-order valence-corrected chi connectivity index (χ0v) is 18.0. The predicted octanol–water partition coefficient (Wildman–Crippen LogP) is 2.17. The van der Waals surface area contributed by atoms with Gasteiger partial charge in [0, 0.05) is 11.8 Å². The fourth-order valence-corrected chi connectivity index (χ4v) is 4.66. The maximum absolute atomic E-state index is 15.7. The quantitative estimate of drug-likeness (QED) is 0.449. The van der Waals surface area contributed by atoms with Crippen LogP contribution in [0.3, 0.4) is 0 Å². The van der Waals surface area contributed by atoms with Gasteiger partial charge >= 0.3 is 13.5 Å². The molecule has 1 saturated heterocycles. The van der Waals surface area contributed by atoms with Crippen molar-refractivity contribution in [2.45, 2.75) is 44.7 Å². The van der Waals surface area contributed by atoms with E-state index in [1.54, 1.807) is 19.1 Å². The van der Waals surface area contributed by atoms with Crippen molar-refractivity contribution in [3.63, 3.8) is 0 Å². The topological polar surface area (TPSA) is 132 Å². The minimum Gasteiger partial charge on any atom is -0.403 e. The van der Waals surface area contributed by atoms with Gasteiger partial charge in [-0.1, -0.05) is 29.9 Å². The van der Waals surface area contributed by atoms with E-state index in [-0.39, 0.29) is 17.0 Å². The number of aromatic nitrogens is 2. The van der Waals surface area contributed by atoms with Gasteiger partial charge in [0.1, 0.15) is 29.2 Å². The molecule has 3 N–H and O–H groups in total. The number of aryl methyl sites for hydroxylation is 2.